The molecule has 0 fully saturated rings. The van der Waals surface area contributed by atoms with E-state index in [1.807, 2.05) is 21.1 Å². The van der Waals surface area contributed by atoms with Gasteiger partial charge in [0.05, 0.1) is 34.4 Å². The second-order valence-corrected chi connectivity index (χ2v) is 12.3. The van der Waals surface area contributed by atoms with Gasteiger partial charge in [0.15, 0.2) is 0 Å². The molecule has 0 saturated heterocycles. The third-order valence-electron chi connectivity index (χ3n) is 5.97. The Morgan fingerprint density at radius 3 is 1.81 bits per heavy atom. The molecule has 0 aliphatic heterocycles. The average Bonchev–Trinajstić information content (AvgIpc) is 2.81. The van der Waals surface area contributed by atoms with Crippen molar-refractivity contribution in [3.8, 4) is 0 Å². The molecule has 2 atom stereocenters. The molecule has 0 bridgehead atoms. The Morgan fingerprint density at radius 2 is 1.32 bits per heavy atom. The summed E-state index contributed by atoms with van der Waals surface area (Å²) < 4.78 is 33.8. The molecule has 0 saturated carbocycles. The lowest BCUT2D eigenvalue weighted by Gasteiger charge is -2.24. The van der Waals surface area contributed by atoms with E-state index in [0.29, 0.717) is 17.6 Å². The van der Waals surface area contributed by atoms with Crippen LogP contribution in [0.5, 0.6) is 0 Å². The second-order valence-electron chi connectivity index (χ2n) is 10.8. The van der Waals surface area contributed by atoms with Crippen LogP contribution in [0.2, 0.25) is 0 Å². The molecule has 0 spiro atoms. The number of likely N-dealkylation sites (N-methyl/N-ethyl adjacent to an activating group) is 1. The maximum absolute atomic E-state index is 12.1. The smallest absolute Gasteiger partial charge is 0.454 e. The molecule has 0 aromatic carbocycles. The van der Waals surface area contributed by atoms with E-state index in [1.54, 1.807) is 13.0 Å². The average molecular weight is 551 g/mol. The molecule has 0 aromatic heterocycles. The highest BCUT2D eigenvalue weighted by Crippen LogP contribution is 2.43. The Hall–Kier alpha value is -0.760. The number of phosphoric acid groups is 1. The summed E-state index contributed by atoms with van der Waals surface area (Å²) in [6.45, 7) is 4.97. The van der Waals surface area contributed by atoms with E-state index in [4.69, 9.17) is 18.5 Å². The van der Waals surface area contributed by atoms with Crippen LogP contribution in [0.25, 0.3) is 0 Å². The number of ether oxygens (including phenoxy) is 2. The van der Waals surface area contributed by atoms with E-state index in [2.05, 4.69) is 6.92 Å². The van der Waals surface area contributed by atoms with Crippen molar-refractivity contribution in [2.45, 2.75) is 110 Å². The zero-order valence-electron chi connectivity index (χ0n) is 24.5. The molecule has 9 heteroatoms. The number of quaternary nitrogens is 1. The molecule has 37 heavy (non-hydrogen) atoms. The minimum absolute atomic E-state index is 0.0793. The number of carbonyl (C=O) groups is 1. The van der Waals surface area contributed by atoms with Crippen molar-refractivity contribution < 1.29 is 37.3 Å². The Bertz CT molecular complexity index is 622. The van der Waals surface area contributed by atoms with E-state index >= 15 is 0 Å². The highest BCUT2D eigenvalue weighted by Gasteiger charge is 2.26. The topological polar surface area (TPSA) is 91.3 Å². The largest absolute Gasteiger partial charge is 0.472 e. The van der Waals surface area contributed by atoms with Crippen molar-refractivity contribution >= 4 is 13.8 Å². The number of phosphoric ester groups is 1. The lowest BCUT2D eigenvalue weighted by molar-refractivity contribution is -0.870. The Morgan fingerprint density at radius 1 is 0.811 bits per heavy atom. The maximum atomic E-state index is 12.1. The zero-order chi connectivity index (χ0) is 27.8. The molecular weight excluding hydrogens is 493 g/mol. The van der Waals surface area contributed by atoms with Crippen molar-refractivity contribution in [2.75, 3.05) is 54.1 Å². The van der Waals surface area contributed by atoms with E-state index in [9.17, 15) is 14.3 Å². The fourth-order valence-electron chi connectivity index (χ4n) is 3.71. The van der Waals surface area contributed by atoms with Gasteiger partial charge >= 0.3 is 13.8 Å². The van der Waals surface area contributed by atoms with Crippen LogP contribution < -0.4 is 0 Å². The summed E-state index contributed by atoms with van der Waals surface area (Å²) in [6.07, 6.45) is 20.2. The van der Waals surface area contributed by atoms with Crippen molar-refractivity contribution in [3.05, 3.63) is 12.2 Å². The van der Waals surface area contributed by atoms with Crippen LogP contribution in [0, 0.1) is 0 Å². The molecule has 0 rings (SSSR count). The summed E-state index contributed by atoms with van der Waals surface area (Å²) in [5, 5.41) is 0. The molecule has 1 N–H and O–H groups in total. The lowest BCUT2D eigenvalue weighted by Crippen LogP contribution is -2.37. The molecular formula is C28H57NO7P+. The molecule has 0 aliphatic rings. The first-order valence-corrected chi connectivity index (χ1v) is 15.9. The Labute approximate surface area is 227 Å². The van der Waals surface area contributed by atoms with Crippen LogP contribution in [0.1, 0.15) is 104 Å². The summed E-state index contributed by atoms with van der Waals surface area (Å²) in [5.74, 6) is -0.546. The predicted octanol–water partition coefficient (Wildman–Crippen LogP) is 6.81. The van der Waals surface area contributed by atoms with Gasteiger partial charge in [-0.2, -0.15) is 0 Å². The summed E-state index contributed by atoms with van der Waals surface area (Å²) in [6, 6.07) is 0. The zero-order valence-corrected chi connectivity index (χ0v) is 25.4. The number of rotatable bonds is 26. The number of esters is 1. The highest BCUT2D eigenvalue weighted by atomic mass is 31.2. The normalized spacial score (nSPS) is 14.6. The standard InChI is InChI=1S/C28H56NO7P/c1-6-8-9-10-11-12-13-14-15-16-17-18-19-20-23-33-25-27(36-28(30)21-7-2)26-35-37(31,32)34-24-22-29(3,4)5/h7,21,27H,6,8-20,22-26H2,1-5H3/p+1/b21-7+. The van der Waals surface area contributed by atoms with Crippen molar-refractivity contribution in [2.24, 2.45) is 0 Å². The van der Waals surface area contributed by atoms with E-state index in [-0.39, 0.29) is 19.8 Å². The number of hydrogen-bond donors (Lipinski definition) is 1. The van der Waals surface area contributed by atoms with Crippen LogP contribution in [0.15, 0.2) is 12.2 Å². The number of hydrogen-bond acceptors (Lipinski definition) is 6. The SMILES string of the molecule is C/C=C/C(=O)OC(COCCCCCCCCCCCCCCCC)COP(=O)(O)OCC[N+](C)(C)C. The van der Waals surface area contributed by atoms with Crippen molar-refractivity contribution in [1.82, 2.24) is 0 Å². The molecule has 0 aliphatic carbocycles. The van der Waals surface area contributed by atoms with Crippen LogP contribution in [0.3, 0.4) is 0 Å². The predicted molar refractivity (Wildman–Crippen MR) is 150 cm³/mol. The van der Waals surface area contributed by atoms with Gasteiger partial charge in [0, 0.05) is 12.7 Å². The first kappa shape index (κ1) is 36.2. The van der Waals surface area contributed by atoms with E-state index in [1.165, 1.54) is 83.1 Å². The fourth-order valence-corrected chi connectivity index (χ4v) is 4.46. The monoisotopic (exact) mass is 550 g/mol. The minimum atomic E-state index is -4.24. The van der Waals surface area contributed by atoms with Gasteiger partial charge in [0.25, 0.3) is 0 Å². The third-order valence-corrected chi connectivity index (χ3v) is 6.96. The van der Waals surface area contributed by atoms with Crippen LogP contribution in [-0.2, 0) is 27.9 Å². The molecule has 0 amide bonds. The second kappa shape index (κ2) is 23.2. The summed E-state index contributed by atoms with van der Waals surface area (Å²) >= 11 is 0. The summed E-state index contributed by atoms with van der Waals surface area (Å²) in [7, 11) is 1.63. The Kier molecular flexibility index (Phi) is 22.7. The molecule has 220 valence electrons. The summed E-state index contributed by atoms with van der Waals surface area (Å²) in [5.41, 5.74) is 0. The lowest BCUT2D eigenvalue weighted by atomic mass is 10.0. The van der Waals surface area contributed by atoms with Gasteiger partial charge in [-0.3, -0.25) is 9.05 Å². The first-order valence-electron chi connectivity index (χ1n) is 14.4. The third kappa shape index (κ3) is 26.6. The van der Waals surface area contributed by atoms with Gasteiger partial charge in [-0.15, -0.1) is 0 Å². The van der Waals surface area contributed by atoms with Gasteiger partial charge in [-0.05, 0) is 13.3 Å². The Balaban J connectivity index is 3.98. The van der Waals surface area contributed by atoms with Gasteiger partial charge < -0.3 is 18.9 Å². The van der Waals surface area contributed by atoms with Crippen LogP contribution in [-0.4, -0.2) is 75.6 Å². The fraction of sp³-hybridized carbons (Fsp3) is 0.893. The number of allylic oxidation sites excluding steroid dienone is 1. The minimum Gasteiger partial charge on any atom is -0.454 e. The van der Waals surface area contributed by atoms with Gasteiger partial charge in [0.2, 0.25) is 0 Å². The van der Waals surface area contributed by atoms with Crippen LogP contribution in [0.4, 0.5) is 0 Å². The molecule has 0 aromatic rings. The molecule has 0 heterocycles. The van der Waals surface area contributed by atoms with Crippen molar-refractivity contribution in [3.63, 3.8) is 0 Å². The molecule has 2 unspecified atom stereocenters. The highest BCUT2D eigenvalue weighted by molar-refractivity contribution is 7.47. The van der Waals surface area contributed by atoms with E-state index in [0.717, 1.165) is 12.8 Å². The van der Waals surface area contributed by atoms with Crippen molar-refractivity contribution in [1.29, 1.82) is 0 Å². The van der Waals surface area contributed by atoms with E-state index < -0.39 is 19.9 Å². The quantitative estimate of drug-likeness (QED) is 0.0416. The molecule has 0 radical (unpaired) electrons. The van der Waals surface area contributed by atoms with Gasteiger partial charge in [-0.25, -0.2) is 9.36 Å². The van der Waals surface area contributed by atoms with Gasteiger partial charge in [0.1, 0.15) is 19.3 Å². The van der Waals surface area contributed by atoms with Crippen LogP contribution >= 0.6 is 7.82 Å². The molecule has 8 nitrogen and oxygen atoms in total. The summed E-state index contributed by atoms with van der Waals surface area (Å²) in [4.78, 5) is 21.8. The first-order chi connectivity index (χ1) is 17.6. The number of unbranched alkanes of at least 4 members (excludes halogenated alkanes) is 13. The maximum Gasteiger partial charge on any atom is 0.472 e. The number of nitrogens with zero attached hydrogens (tertiary/aromatic N) is 1. The van der Waals surface area contributed by atoms with Gasteiger partial charge in [-0.1, -0.05) is 96.5 Å². The number of carbonyl (C=O) groups excluding carboxylic acids is 1.